The summed E-state index contributed by atoms with van der Waals surface area (Å²) in [6.45, 7) is 4.13. The van der Waals surface area contributed by atoms with Crippen LogP contribution in [0.3, 0.4) is 0 Å². The van der Waals surface area contributed by atoms with Gasteiger partial charge in [0.25, 0.3) is 0 Å². The van der Waals surface area contributed by atoms with Crippen LogP contribution in [0.2, 0.25) is 0 Å². The Balaban J connectivity index is 2.12. The topological polar surface area (TPSA) is 67.2 Å². The third-order valence-corrected chi connectivity index (χ3v) is 5.40. The van der Waals surface area contributed by atoms with Crippen molar-refractivity contribution in [3.8, 4) is 0 Å². The lowest BCUT2D eigenvalue weighted by molar-refractivity contribution is 0.395. The van der Waals surface area contributed by atoms with E-state index in [9.17, 15) is 8.42 Å². The largest absolute Gasteiger partial charge is 0.318 e. The number of rotatable bonds is 9. The van der Waals surface area contributed by atoms with E-state index < -0.39 is 10.0 Å². The van der Waals surface area contributed by atoms with Crippen molar-refractivity contribution in [1.29, 1.82) is 0 Å². The first kappa shape index (κ1) is 15.5. The van der Waals surface area contributed by atoms with Crippen molar-refractivity contribution in [2.75, 3.05) is 20.1 Å². The molecule has 0 saturated heterocycles. The molecule has 1 aromatic heterocycles. The Kier molecular flexibility index (Phi) is 5.17. The second-order valence-electron chi connectivity index (χ2n) is 5.24. The molecular weight excluding hydrogens is 276 g/mol. The van der Waals surface area contributed by atoms with E-state index in [2.05, 4.69) is 17.3 Å². The number of nitrogens with one attached hydrogen (secondary N) is 1. The summed E-state index contributed by atoms with van der Waals surface area (Å²) in [5.74, 6) is 0. The summed E-state index contributed by atoms with van der Waals surface area (Å²) in [4.78, 5) is 0.316. The number of sulfonamides is 1. The van der Waals surface area contributed by atoms with Gasteiger partial charge in [-0.25, -0.2) is 8.42 Å². The maximum atomic E-state index is 12.7. The molecule has 0 radical (unpaired) electrons. The minimum atomic E-state index is -3.38. The predicted octanol–water partition coefficient (Wildman–Crippen LogP) is 1.06. The zero-order valence-corrected chi connectivity index (χ0v) is 13.1. The fraction of sp³-hybridized carbons (Fsp3) is 0.769. The van der Waals surface area contributed by atoms with E-state index in [1.54, 1.807) is 15.2 Å². The number of hydrogen-bond donors (Lipinski definition) is 1. The van der Waals surface area contributed by atoms with Crippen LogP contribution in [-0.2, 0) is 16.6 Å². The van der Waals surface area contributed by atoms with Crippen molar-refractivity contribution in [3.63, 3.8) is 0 Å². The van der Waals surface area contributed by atoms with Gasteiger partial charge in [-0.05, 0) is 26.3 Å². The molecule has 1 aromatic rings. The van der Waals surface area contributed by atoms with Gasteiger partial charge in [0.2, 0.25) is 10.0 Å². The Morgan fingerprint density at radius 2 is 2.25 bits per heavy atom. The van der Waals surface area contributed by atoms with Crippen molar-refractivity contribution in [3.05, 3.63) is 12.4 Å². The number of aromatic nitrogens is 2. The summed E-state index contributed by atoms with van der Waals surface area (Å²) < 4.78 is 28.7. The molecule has 1 heterocycles. The monoisotopic (exact) mass is 300 g/mol. The SMILES string of the molecule is CCCCN(C1CC1)S(=O)(=O)c1cnn(CCNC)c1. The summed E-state index contributed by atoms with van der Waals surface area (Å²) in [6, 6.07) is 0.201. The average Bonchev–Trinajstić information content (AvgIpc) is 3.13. The highest BCUT2D eigenvalue weighted by atomic mass is 32.2. The Morgan fingerprint density at radius 3 is 2.85 bits per heavy atom. The van der Waals surface area contributed by atoms with Gasteiger partial charge < -0.3 is 5.32 Å². The molecule has 1 aliphatic rings. The summed E-state index contributed by atoms with van der Waals surface area (Å²) >= 11 is 0. The normalized spacial score (nSPS) is 15.9. The molecule has 1 saturated carbocycles. The Bertz CT molecular complexity index is 522. The molecule has 0 spiro atoms. The van der Waals surface area contributed by atoms with Crippen LogP contribution in [0.5, 0.6) is 0 Å². The van der Waals surface area contributed by atoms with Crippen molar-refractivity contribution in [2.24, 2.45) is 0 Å². The molecule has 114 valence electrons. The van der Waals surface area contributed by atoms with Gasteiger partial charge in [0.05, 0.1) is 12.7 Å². The van der Waals surface area contributed by atoms with Crippen LogP contribution in [-0.4, -0.2) is 48.7 Å². The Morgan fingerprint density at radius 1 is 1.50 bits per heavy atom. The van der Waals surface area contributed by atoms with Gasteiger partial charge in [0.1, 0.15) is 4.90 Å². The summed E-state index contributed by atoms with van der Waals surface area (Å²) in [5.41, 5.74) is 0. The van der Waals surface area contributed by atoms with Crippen LogP contribution in [0, 0.1) is 0 Å². The van der Waals surface area contributed by atoms with Crippen LogP contribution in [0.4, 0.5) is 0 Å². The lowest BCUT2D eigenvalue weighted by Gasteiger charge is -2.20. The van der Waals surface area contributed by atoms with E-state index >= 15 is 0 Å². The van der Waals surface area contributed by atoms with E-state index in [1.807, 2.05) is 7.05 Å². The third-order valence-electron chi connectivity index (χ3n) is 3.49. The lowest BCUT2D eigenvalue weighted by atomic mass is 10.3. The fourth-order valence-corrected chi connectivity index (χ4v) is 3.82. The van der Waals surface area contributed by atoms with Gasteiger partial charge in [-0.15, -0.1) is 0 Å². The predicted molar refractivity (Wildman–Crippen MR) is 78.0 cm³/mol. The first-order valence-electron chi connectivity index (χ1n) is 7.28. The number of nitrogens with zero attached hydrogens (tertiary/aromatic N) is 3. The highest BCUT2D eigenvalue weighted by Gasteiger charge is 2.38. The van der Waals surface area contributed by atoms with Crippen LogP contribution in [0.15, 0.2) is 17.3 Å². The van der Waals surface area contributed by atoms with Gasteiger partial charge in [-0.2, -0.15) is 9.40 Å². The molecule has 0 aromatic carbocycles. The molecule has 7 heteroatoms. The molecule has 0 bridgehead atoms. The van der Waals surface area contributed by atoms with Crippen LogP contribution in [0.25, 0.3) is 0 Å². The molecule has 1 fully saturated rings. The van der Waals surface area contributed by atoms with Gasteiger partial charge in [-0.1, -0.05) is 13.3 Å². The maximum Gasteiger partial charge on any atom is 0.246 e. The van der Waals surface area contributed by atoms with Crippen molar-refractivity contribution in [2.45, 2.75) is 50.1 Å². The molecule has 1 N–H and O–H groups in total. The van der Waals surface area contributed by atoms with E-state index in [0.29, 0.717) is 18.0 Å². The summed E-state index contributed by atoms with van der Waals surface area (Å²) in [6.07, 6.45) is 6.97. The molecule has 1 aliphatic carbocycles. The van der Waals surface area contributed by atoms with Crippen molar-refractivity contribution >= 4 is 10.0 Å². The number of hydrogen-bond acceptors (Lipinski definition) is 4. The van der Waals surface area contributed by atoms with Crippen molar-refractivity contribution in [1.82, 2.24) is 19.4 Å². The van der Waals surface area contributed by atoms with Gasteiger partial charge in [0, 0.05) is 25.3 Å². The van der Waals surface area contributed by atoms with E-state index in [4.69, 9.17) is 0 Å². The first-order valence-corrected chi connectivity index (χ1v) is 8.72. The van der Waals surface area contributed by atoms with Crippen LogP contribution < -0.4 is 5.32 Å². The molecule has 0 amide bonds. The Labute approximate surface area is 121 Å². The maximum absolute atomic E-state index is 12.7. The Hall–Kier alpha value is -0.920. The highest BCUT2D eigenvalue weighted by Crippen LogP contribution is 2.32. The smallest absolute Gasteiger partial charge is 0.246 e. The minimum Gasteiger partial charge on any atom is -0.318 e. The molecular formula is C13H24N4O2S. The van der Waals surface area contributed by atoms with Crippen LogP contribution >= 0.6 is 0 Å². The van der Waals surface area contributed by atoms with E-state index in [1.165, 1.54) is 6.20 Å². The second-order valence-corrected chi connectivity index (χ2v) is 7.13. The second kappa shape index (κ2) is 6.69. The van der Waals surface area contributed by atoms with Gasteiger partial charge in [0.15, 0.2) is 0 Å². The third kappa shape index (κ3) is 3.59. The van der Waals surface area contributed by atoms with E-state index in [0.717, 1.165) is 32.2 Å². The summed E-state index contributed by atoms with van der Waals surface area (Å²) in [7, 11) is -1.52. The molecule has 20 heavy (non-hydrogen) atoms. The van der Waals surface area contributed by atoms with Gasteiger partial charge >= 0.3 is 0 Å². The minimum absolute atomic E-state index is 0.201. The number of likely N-dealkylation sites (N-methyl/N-ethyl adjacent to an activating group) is 1. The molecule has 0 aliphatic heterocycles. The lowest BCUT2D eigenvalue weighted by Crippen LogP contribution is -2.33. The first-order chi connectivity index (χ1) is 9.59. The molecule has 0 unspecified atom stereocenters. The summed E-state index contributed by atoms with van der Waals surface area (Å²) in [5, 5.41) is 7.16. The highest BCUT2D eigenvalue weighted by molar-refractivity contribution is 7.89. The van der Waals surface area contributed by atoms with E-state index in [-0.39, 0.29) is 6.04 Å². The zero-order chi connectivity index (χ0) is 14.6. The fourth-order valence-electron chi connectivity index (χ4n) is 2.14. The number of unbranched alkanes of at least 4 members (excludes halogenated alkanes) is 1. The molecule has 0 atom stereocenters. The quantitative estimate of drug-likeness (QED) is 0.740. The average molecular weight is 300 g/mol. The molecule has 6 nitrogen and oxygen atoms in total. The zero-order valence-electron chi connectivity index (χ0n) is 12.2. The van der Waals surface area contributed by atoms with Gasteiger partial charge in [-0.3, -0.25) is 4.68 Å². The standard InChI is InChI=1S/C13H24N4O2S/c1-3-4-8-17(12-5-6-12)20(18,19)13-10-15-16(11-13)9-7-14-2/h10-12,14H,3-9H2,1-2H3. The van der Waals surface area contributed by atoms with Crippen LogP contribution in [0.1, 0.15) is 32.6 Å². The molecule has 2 rings (SSSR count). The van der Waals surface area contributed by atoms with Crippen molar-refractivity contribution < 1.29 is 8.42 Å².